The Morgan fingerprint density at radius 2 is 2.00 bits per heavy atom. The van der Waals surface area contributed by atoms with Crippen molar-refractivity contribution in [3.63, 3.8) is 0 Å². The fourth-order valence-corrected chi connectivity index (χ4v) is 4.34. The first-order valence-electron chi connectivity index (χ1n) is 8.33. The van der Waals surface area contributed by atoms with Gasteiger partial charge in [0.05, 0.1) is 6.61 Å². The van der Waals surface area contributed by atoms with E-state index in [1.165, 1.54) is 31.2 Å². The Morgan fingerprint density at radius 1 is 1.19 bits per heavy atom. The zero-order chi connectivity index (χ0) is 14.8. The molecule has 1 aromatic carbocycles. The Morgan fingerprint density at radius 3 is 2.81 bits per heavy atom. The Balaban J connectivity index is 1.77. The summed E-state index contributed by atoms with van der Waals surface area (Å²) < 4.78 is 6.95. The number of nitrogens with one attached hydrogen (secondary N) is 1. The summed E-state index contributed by atoms with van der Waals surface area (Å²) in [6.07, 6.45) is 6.55. The van der Waals surface area contributed by atoms with E-state index in [0.717, 1.165) is 35.1 Å². The maximum Gasteiger partial charge on any atom is 0.124 e. The van der Waals surface area contributed by atoms with Crippen molar-refractivity contribution >= 4 is 15.9 Å². The molecule has 3 atom stereocenters. The number of rotatable bonds is 3. The highest BCUT2D eigenvalue weighted by Crippen LogP contribution is 2.37. The molecule has 2 aliphatic rings. The molecule has 0 radical (unpaired) electrons. The summed E-state index contributed by atoms with van der Waals surface area (Å²) in [5.41, 5.74) is 1.32. The van der Waals surface area contributed by atoms with Crippen molar-refractivity contribution in [2.45, 2.75) is 58.0 Å². The van der Waals surface area contributed by atoms with Gasteiger partial charge in [0.25, 0.3) is 0 Å². The maximum absolute atomic E-state index is 5.81. The first-order valence-corrected chi connectivity index (χ1v) is 9.12. The highest BCUT2D eigenvalue weighted by atomic mass is 79.9. The van der Waals surface area contributed by atoms with E-state index in [9.17, 15) is 0 Å². The molecular weight excluding hydrogens is 326 g/mol. The van der Waals surface area contributed by atoms with Crippen molar-refractivity contribution in [3.05, 3.63) is 28.2 Å². The van der Waals surface area contributed by atoms with Gasteiger partial charge in [-0.25, -0.2) is 0 Å². The summed E-state index contributed by atoms with van der Waals surface area (Å²) >= 11 is 3.59. The van der Waals surface area contributed by atoms with Gasteiger partial charge in [0, 0.05) is 28.5 Å². The minimum Gasteiger partial charge on any atom is -0.493 e. The third-order valence-electron chi connectivity index (χ3n) is 5.10. The molecule has 0 saturated heterocycles. The molecule has 1 N–H and O–H groups in total. The van der Waals surface area contributed by atoms with E-state index in [4.69, 9.17) is 4.74 Å². The van der Waals surface area contributed by atoms with Crippen molar-refractivity contribution in [1.82, 2.24) is 5.32 Å². The van der Waals surface area contributed by atoms with Gasteiger partial charge in [-0.05, 0) is 42.9 Å². The normalized spacial score (nSPS) is 29.0. The molecule has 0 bridgehead atoms. The van der Waals surface area contributed by atoms with Crippen LogP contribution in [0.25, 0.3) is 0 Å². The lowest BCUT2D eigenvalue weighted by Crippen LogP contribution is -2.43. The van der Waals surface area contributed by atoms with Gasteiger partial charge in [0.2, 0.25) is 0 Å². The Hall–Kier alpha value is -0.540. The van der Waals surface area contributed by atoms with Gasteiger partial charge in [-0.3, -0.25) is 0 Å². The third kappa shape index (κ3) is 3.45. The number of halogens is 1. The van der Waals surface area contributed by atoms with Gasteiger partial charge in [0.15, 0.2) is 0 Å². The molecule has 1 aliphatic heterocycles. The molecule has 1 fully saturated rings. The molecule has 1 aliphatic carbocycles. The molecule has 21 heavy (non-hydrogen) atoms. The molecular formula is C18H26BrNO. The van der Waals surface area contributed by atoms with Gasteiger partial charge in [0.1, 0.15) is 5.75 Å². The predicted octanol–water partition coefficient (Wildman–Crippen LogP) is 5.08. The van der Waals surface area contributed by atoms with Crippen LogP contribution in [-0.2, 0) is 0 Å². The van der Waals surface area contributed by atoms with Crippen LogP contribution in [0.4, 0.5) is 0 Å². The lowest BCUT2D eigenvalue weighted by Gasteiger charge is -2.39. The summed E-state index contributed by atoms with van der Waals surface area (Å²) in [7, 11) is 0. The van der Waals surface area contributed by atoms with Gasteiger partial charge >= 0.3 is 0 Å². The smallest absolute Gasteiger partial charge is 0.124 e. The highest BCUT2D eigenvalue weighted by Gasteiger charge is 2.31. The molecule has 0 aromatic heterocycles. The van der Waals surface area contributed by atoms with Gasteiger partial charge in [-0.1, -0.05) is 42.6 Å². The summed E-state index contributed by atoms with van der Waals surface area (Å²) in [6.45, 7) is 5.57. The number of benzene rings is 1. The van der Waals surface area contributed by atoms with Crippen LogP contribution in [0.5, 0.6) is 5.75 Å². The Labute approximate surface area is 136 Å². The standard InChI is InChI=1S/C18H26BrNO/c1-12(2)14-5-3-4-6-16(14)20-17-9-10-21-18-8-7-13(19)11-15(17)18/h7-8,11-12,14,16-17,20H,3-6,9-10H2,1-2H3. The van der Waals surface area contributed by atoms with Gasteiger partial charge < -0.3 is 10.1 Å². The zero-order valence-electron chi connectivity index (χ0n) is 13.1. The molecule has 0 amide bonds. The number of hydrogen-bond acceptors (Lipinski definition) is 2. The van der Waals surface area contributed by atoms with Crippen molar-refractivity contribution in [2.24, 2.45) is 11.8 Å². The summed E-state index contributed by atoms with van der Waals surface area (Å²) in [5.74, 6) is 2.64. The second-order valence-electron chi connectivity index (χ2n) is 6.84. The first kappa shape index (κ1) is 15.4. The lowest BCUT2D eigenvalue weighted by atomic mass is 9.77. The molecule has 0 spiro atoms. The fraction of sp³-hybridized carbons (Fsp3) is 0.667. The molecule has 1 aromatic rings. The molecule has 2 nitrogen and oxygen atoms in total. The van der Waals surface area contributed by atoms with Gasteiger partial charge in [-0.15, -0.1) is 0 Å². The quantitative estimate of drug-likeness (QED) is 0.819. The minimum atomic E-state index is 0.440. The molecule has 3 unspecified atom stereocenters. The van der Waals surface area contributed by atoms with Crippen LogP contribution in [0.15, 0.2) is 22.7 Å². The van der Waals surface area contributed by atoms with E-state index in [1.807, 2.05) is 0 Å². The van der Waals surface area contributed by atoms with E-state index < -0.39 is 0 Å². The van der Waals surface area contributed by atoms with E-state index in [2.05, 4.69) is 53.3 Å². The maximum atomic E-state index is 5.81. The molecule has 3 heteroatoms. The van der Waals surface area contributed by atoms with Crippen LogP contribution >= 0.6 is 15.9 Å². The second kappa shape index (κ2) is 6.70. The van der Waals surface area contributed by atoms with E-state index in [1.54, 1.807) is 0 Å². The van der Waals surface area contributed by atoms with Crippen molar-refractivity contribution < 1.29 is 4.74 Å². The van der Waals surface area contributed by atoms with Crippen molar-refractivity contribution in [1.29, 1.82) is 0 Å². The summed E-state index contributed by atoms with van der Waals surface area (Å²) in [4.78, 5) is 0. The predicted molar refractivity (Wildman–Crippen MR) is 90.7 cm³/mol. The molecule has 1 heterocycles. The second-order valence-corrected chi connectivity index (χ2v) is 7.75. The average Bonchev–Trinajstić information content (AvgIpc) is 2.48. The van der Waals surface area contributed by atoms with Crippen molar-refractivity contribution in [3.8, 4) is 5.75 Å². The van der Waals surface area contributed by atoms with Crippen LogP contribution < -0.4 is 10.1 Å². The van der Waals surface area contributed by atoms with Crippen LogP contribution in [-0.4, -0.2) is 12.6 Å². The van der Waals surface area contributed by atoms with Crippen LogP contribution in [0.3, 0.4) is 0 Å². The van der Waals surface area contributed by atoms with Crippen LogP contribution in [0, 0.1) is 11.8 Å². The van der Waals surface area contributed by atoms with E-state index >= 15 is 0 Å². The summed E-state index contributed by atoms with van der Waals surface area (Å²) in [5, 5.41) is 3.97. The topological polar surface area (TPSA) is 21.3 Å². The minimum absolute atomic E-state index is 0.440. The Bertz CT molecular complexity index is 488. The first-order chi connectivity index (χ1) is 10.1. The average molecular weight is 352 g/mol. The largest absolute Gasteiger partial charge is 0.493 e. The lowest BCUT2D eigenvalue weighted by molar-refractivity contribution is 0.171. The van der Waals surface area contributed by atoms with Gasteiger partial charge in [-0.2, -0.15) is 0 Å². The monoisotopic (exact) mass is 351 g/mol. The highest BCUT2D eigenvalue weighted by molar-refractivity contribution is 9.10. The van der Waals surface area contributed by atoms with Crippen LogP contribution in [0.1, 0.15) is 57.6 Å². The van der Waals surface area contributed by atoms with Crippen molar-refractivity contribution in [2.75, 3.05) is 6.61 Å². The van der Waals surface area contributed by atoms with E-state index in [-0.39, 0.29) is 0 Å². The third-order valence-corrected chi connectivity index (χ3v) is 5.60. The van der Waals surface area contributed by atoms with E-state index in [0.29, 0.717) is 12.1 Å². The Kier molecular flexibility index (Phi) is 4.90. The summed E-state index contributed by atoms with van der Waals surface area (Å²) in [6, 6.07) is 7.48. The number of hydrogen-bond donors (Lipinski definition) is 1. The molecule has 3 rings (SSSR count). The number of ether oxygens (including phenoxy) is 1. The number of fused-ring (bicyclic) bond motifs is 1. The SMILES string of the molecule is CC(C)C1CCCCC1NC1CCOc2ccc(Br)cc21. The molecule has 116 valence electrons. The van der Waals surface area contributed by atoms with Crippen LogP contribution in [0.2, 0.25) is 0 Å². The molecule has 1 saturated carbocycles. The zero-order valence-corrected chi connectivity index (χ0v) is 14.7. The fourth-order valence-electron chi connectivity index (χ4n) is 3.96.